The zero-order chi connectivity index (χ0) is 19.8. The normalized spacial score (nSPS) is 14.5. The summed E-state index contributed by atoms with van der Waals surface area (Å²) in [5, 5.41) is 0.756. The summed E-state index contributed by atoms with van der Waals surface area (Å²) in [5.74, 6) is 1.40. The number of nitrogens with two attached hydrogens (primary N) is 1. The number of aliphatic imine (C=N–C) groups is 1. The van der Waals surface area contributed by atoms with Crippen LogP contribution in [-0.4, -0.2) is 57.4 Å². The van der Waals surface area contributed by atoms with Crippen LogP contribution in [0.2, 0.25) is 5.02 Å². The number of anilines is 1. The second-order valence-corrected chi connectivity index (χ2v) is 7.05. The largest absolute Gasteiger partial charge is 0.491 e. The van der Waals surface area contributed by atoms with Gasteiger partial charge in [-0.2, -0.15) is 0 Å². The third kappa shape index (κ3) is 7.24. The van der Waals surface area contributed by atoms with Crippen LogP contribution in [0.3, 0.4) is 0 Å². The van der Waals surface area contributed by atoms with Crippen LogP contribution in [0.1, 0.15) is 5.56 Å². The van der Waals surface area contributed by atoms with Crippen molar-refractivity contribution in [3.05, 3.63) is 59.1 Å². The van der Waals surface area contributed by atoms with Crippen LogP contribution in [0.5, 0.6) is 5.75 Å². The highest BCUT2D eigenvalue weighted by Gasteiger charge is 2.18. The van der Waals surface area contributed by atoms with Gasteiger partial charge in [-0.05, 0) is 42.0 Å². The summed E-state index contributed by atoms with van der Waals surface area (Å²) in [4.78, 5) is 9.03. The molecule has 1 aliphatic heterocycles. The van der Waals surface area contributed by atoms with E-state index in [-0.39, 0.29) is 24.0 Å². The molecule has 0 atom stereocenters. The lowest BCUT2D eigenvalue weighted by Gasteiger charge is -2.36. The predicted octanol–water partition coefficient (Wildman–Crippen LogP) is 3.62. The number of ether oxygens (including phenoxy) is 2. The molecule has 1 fully saturated rings. The second kappa shape index (κ2) is 12.1. The molecule has 6 nitrogen and oxygen atoms in total. The molecule has 1 aliphatic rings. The molecule has 0 saturated carbocycles. The van der Waals surface area contributed by atoms with E-state index in [0.29, 0.717) is 25.7 Å². The van der Waals surface area contributed by atoms with Crippen molar-refractivity contribution in [2.45, 2.75) is 6.54 Å². The van der Waals surface area contributed by atoms with Crippen LogP contribution >= 0.6 is 35.6 Å². The van der Waals surface area contributed by atoms with Gasteiger partial charge < -0.3 is 25.0 Å². The Hall–Kier alpha value is -1.71. The zero-order valence-corrected chi connectivity index (χ0v) is 19.7. The molecule has 1 saturated heterocycles. The zero-order valence-electron chi connectivity index (χ0n) is 16.6. The number of halogens is 2. The summed E-state index contributed by atoms with van der Waals surface area (Å²) < 4.78 is 10.6. The number of benzene rings is 2. The topological polar surface area (TPSA) is 63.3 Å². The highest BCUT2D eigenvalue weighted by Crippen LogP contribution is 2.19. The smallest absolute Gasteiger partial charge is 0.191 e. The molecule has 2 aromatic carbocycles. The fourth-order valence-corrected chi connectivity index (χ4v) is 3.22. The quantitative estimate of drug-likeness (QED) is 0.256. The van der Waals surface area contributed by atoms with E-state index < -0.39 is 0 Å². The standard InChI is InChI=1S/C21H27ClN4O2.HI/c1-27-13-14-28-20-4-2-3-17(15-20)16-24-21(23)26-11-9-25(10-12-26)19-7-5-18(22)6-8-19;/h2-8,15H,9-14,16H2,1H3,(H2,23,24);1H. The summed E-state index contributed by atoms with van der Waals surface area (Å²) in [6.07, 6.45) is 0. The Morgan fingerprint density at radius 1 is 1.07 bits per heavy atom. The van der Waals surface area contributed by atoms with E-state index in [4.69, 9.17) is 26.8 Å². The first-order valence-electron chi connectivity index (χ1n) is 9.42. The van der Waals surface area contributed by atoms with Crippen molar-refractivity contribution in [3.63, 3.8) is 0 Å². The lowest BCUT2D eigenvalue weighted by Crippen LogP contribution is -2.51. The number of rotatable bonds is 7. The number of hydrogen-bond donors (Lipinski definition) is 1. The van der Waals surface area contributed by atoms with E-state index in [1.165, 1.54) is 5.69 Å². The molecule has 0 spiro atoms. The Labute approximate surface area is 194 Å². The maximum Gasteiger partial charge on any atom is 0.191 e. The first-order valence-corrected chi connectivity index (χ1v) is 9.79. The van der Waals surface area contributed by atoms with Crippen molar-refractivity contribution in [2.24, 2.45) is 10.7 Å². The van der Waals surface area contributed by atoms with Gasteiger partial charge in [-0.3, -0.25) is 0 Å². The highest BCUT2D eigenvalue weighted by atomic mass is 127. The fourth-order valence-electron chi connectivity index (χ4n) is 3.09. The molecule has 0 amide bonds. The summed E-state index contributed by atoms with van der Waals surface area (Å²) in [6, 6.07) is 15.9. The molecule has 3 rings (SSSR count). The average Bonchev–Trinajstić information content (AvgIpc) is 2.73. The van der Waals surface area contributed by atoms with E-state index >= 15 is 0 Å². The Morgan fingerprint density at radius 3 is 2.48 bits per heavy atom. The predicted molar refractivity (Wildman–Crippen MR) is 130 cm³/mol. The number of guanidine groups is 1. The third-order valence-corrected chi connectivity index (χ3v) is 4.93. The van der Waals surface area contributed by atoms with Crippen molar-refractivity contribution in [2.75, 3.05) is 51.4 Å². The van der Waals surface area contributed by atoms with Crippen molar-refractivity contribution in [1.82, 2.24) is 4.90 Å². The molecular weight excluding hydrogens is 503 g/mol. The van der Waals surface area contributed by atoms with E-state index in [0.717, 1.165) is 42.5 Å². The molecule has 8 heteroatoms. The third-order valence-electron chi connectivity index (χ3n) is 4.67. The van der Waals surface area contributed by atoms with Gasteiger partial charge in [-0.15, -0.1) is 24.0 Å². The van der Waals surface area contributed by atoms with Crippen LogP contribution in [-0.2, 0) is 11.3 Å². The average molecular weight is 531 g/mol. The van der Waals surface area contributed by atoms with Crippen molar-refractivity contribution >= 4 is 47.2 Å². The van der Waals surface area contributed by atoms with Crippen LogP contribution < -0.4 is 15.4 Å². The van der Waals surface area contributed by atoms with E-state index in [2.05, 4.69) is 26.9 Å². The van der Waals surface area contributed by atoms with E-state index in [1.54, 1.807) is 7.11 Å². The van der Waals surface area contributed by atoms with Gasteiger partial charge >= 0.3 is 0 Å². The van der Waals surface area contributed by atoms with Gasteiger partial charge in [0.2, 0.25) is 0 Å². The van der Waals surface area contributed by atoms with Crippen LogP contribution in [0.25, 0.3) is 0 Å². The van der Waals surface area contributed by atoms with Gasteiger partial charge in [0.1, 0.15) is 12.4 Å². The molecule has 0 bridgehead atoms. The number of piperazine rings is 1. The van der Waals surface area contributed by atoms with Gasteiger partial charge in [0, 0.05) is 44.0 Å². The summed E-state index contributed by atoms with van der Waals surface area (Å²) in [6.45, 7) is 5.13. The minimum Gasteiger partial charge on any atom is -0.491 e. The van der Waals surface area contributed by atoms with Gasteiger partial charge in [0.05, 0.1) is 13.2 Å². The van der Waals surface area contributed by atoms with Crippen LogP contribution in [0.15, 0.2) is 53.5 Å². The first kappa shape index (κ1) is 23.6. The maximum absolute atomic E-state index is 6.23. The lowest BCUT2D eigenvalue weighted by atomic mass is 10.2. The van der Waals surface area contributed by atoms with Gasteiger partial charge in [-0.1, -0.05) is 23.7 Å². The van der Waals surface area contributed by atoms with E-state index in [1.807, 2.05) is 36.4 Å². The van der Waals surface area contributed by atoms with Gasteiger partial charge in [-0.25, -0.2) is 4.99 Å². The summed E-state index contributed by atoms with van der Waals surface area (Å²) >= 11 is 5.97. The van der Waals surface area contributed by atoms with Gasteiger partial charge in [0.15, 0.2) is 5.96 Å². The first-order chi connectivity index (χ1) is 13.7. The number of methoxy groups -OCH3 is 1. The fraction of sp³-hybridized carbons (Fsp3) is 0.381. The second-order valence-electron chi connectivity index (χ2n) is 6.61. The van der Waals surface area contributed by atoms with E-state index in [9.17, 15) is 0 Å². The maximum atomic E-state index is 6.23. The Bertz CT molecular complexity index is 781. The number of hydrogen-bond acceptors (Lipinski definition) is 4. The molecule has 2 aromatic rings. The summed E-state index contributed by atoms with van der Waals surface area (Å²) in [5.41, 5.74) is 8.48. The molecule has 2 N–H and O–H groups in total. The van der Waals surface area contributed by atoms with Crippen LogP contribution in [0, 0.1) is 0 Å². The molecule has 0 aliphatic carbocycles. The van der Waals surface area contributed by atoms with Gasteiger partial charge in [0.25, 0.3) is 0 Å². The Balaban J connectivity index is 0.00000300. The molecule has 158 valence electrons. The monoisotopic (exact) mass is 530 g/mol. The van der Waals surface area contributed by atoms with Crippen LogP contribution in [0.4, 0.5) is 5.69 Å². The molecule has 0 radical (unpaired) electrons. The highest BCUT2D eigenvalue weighted by molar-refractivity contribution is 14.0. The summed E-state index contributed by atoms with van der Waals surface area (Å²) in [7, 11) is 1.66. The Kier molecular flexibility index (Phi) is 9.83. The minimum atomic E-state index is 0. The van der Waals surface area contributed by atoms with Crippen molar-refractivity contribution in [3.8, 4) is 5.75 Å². The number of nitrogens with zero attached hydrogens (tertiary/aromatic N) is 3. The molecule has 0 unspecified atom stereocenters. The Morgan fingerprint density at radius 2 is 1.79 bits per heavy atom. The molecule has 1 heterocycles. The molecule has 29 heavy (non-hydrogen) atoms. The lowest BCUT2D eigenvalue weighted by molar-refractivity contribution is 0.146. The molecular formula is C21H28ClIN4O2. The molecule has 0 aromatic heterocycles. The van der Waals surface area contributed by atoms with Crippen molar-refractivity contribution < 1.29 is 9.47 Å². The van der Waals surface area contributed by atoms with Crippen molar-refractivity contribution in [1.29, 1.82) is 0 Å². The SMILES string of the molecule is COCCOc1cccc(CN=C(N)N2CCN(c3ccc(Cl)cc3)CC2)c1.I. The minimum absolute atomic E-state index is 0.